The number of rotatable bonds is 13. The van der Waals surface area contributed by atoms with Crippen LogP contribution >= 0.6 is 0 Å². The molecule has 5 atom stereocenters. The van der Waals surface area contributed by atoms with Crippen LogP contribution in [0.3, 0.4) is 0 Å². The van der Waals surface area contributed by atoms with Gasteiger partial charge in [0.1, 0.15) is 17.7 Å². The minimum Gasteiger partial charge on any atom is -0.480 e. The number of primary amides is 1. The molecule has 278 valence electrons. The predicted molar refractivity (Wildman–Crippen MR) is 190 cm³/mol. The van der Waals surface area contributed by atoms with Gasteiger partial charge in [-0.05, 0) is 55.7 Å². The summed E-state index contributed by atoms with van der Waals surface area (Å²) in [6.07, 6.45) is -0.408. The molecular weight excluding hydrogens is 654 g/mol. The first-order valence-corrected chi connectivity index (χ1v) is 17.5. The van der Waals surface area contributed by atoms with Crippen LogP contribution in [0.4, 0.5) is 4.79 Å². The van der Waals surface area contributed by atoms with Gasteiger partial charge in [-0.2, -0.15) is 0 Å². The van der Waals surface area contributed by atoms with E-state index in [4.69, 9.17) is 15.2 Å². The number of hydrogen-bond donors (Lipinski definition) is 4. The molecule has 2 aliphatic heterocycles. The first kappa shape index (κ1) is 39.3. The SMILES string of the molecule is CC(C)(C)OC(=O)N1C[C@@H](OCc2ccccc2)C[C@H]1CN[C@H](C(=O)N1Cc2ccccc2C[C@H]1C(=O)N[C@@H](CCC(N)=O)C(=O)O)C(C)(C)C. The summed E-state index contributed by atoms with van der Waals surface area (Å²) in [4.78, 5) is 68.3. The van der Waals surface area contributed by atoms with Crippen LogP contribution in [0.2, 0.25) is 0 Å². The number of aliphatic carboxylic acids is 1. The molecule has 0 radical (unpaired) electrons. The predicted octanol–water partition coefficient (Wildman–Crippen LogP) is 3.37. The van der Waals surface area contributed by atoms with Crippen molar-refractivity contribution in [2.24, 2.45) is 11.1 Å². The molecule has 0 saturated carbocycles. The zero-order valence-corrected chi connectivity index (χ0v) is 30.5. The van der Waals surface area contributed by atoms with Crippen molar-refractivity contribution in [1.29, 1.82) is 0 Å². The molecule has 13 heteroatoms. The summed E-state index contributed by atoms with van der Waals surface area (Å²) in [5.74, 6) is -2.95. The number of carbonyl (C=O) groups is 5. The summed E-state index contributed by atoms with van der Waals surface area (Å²) in [5.41, 5.74) is 6.69. The number of likely N-dealkylation sites (tertiary alicyclic amines) is 1. The summed E-state index contributed by atoms with van der Waals surface area (Å²) >= 11 is 0. The van der Waals surface area contributed by atoms with Crippen molar-refractivity contribution < 1.29 is 38.6 Å². The number of fused-ring (bicyclic) bond motifs is 1. The van der Waals surface area contributed by atoms with Crippen LogP contribution < -0.4 is 16.4 Å². The Kier molecular flexibility index (Phi) is 12.9. The summed E-state index contributed by atoms with van der Waals surface area (Å²) in [7, 11) is 0. The number of amides is 4. The molecule has 0 aliphatic carbocycles. The Bertz CT molecular complexity index is 1550. The maximum Gasteiger partial charge on any atom is 0.410 e. The Labute approximate surface area is 300 Å². The number of benzene rings is 2. The fourth-order valence-corrected chi connectivity index (χ4v) is 6.50. The zero-order chi connectivity index (χ0) is 37.5. The molecule has 5 N–H and O–H groups in total. The van der Waals surface area contributed by atoms with Gasteiger partial charge < -0.3 is 40.7 Å². The van der Waals surface area contributed by atoms with E-state index >= 15 is 0 Å². The molecule has 2 aliphatic rings. The van der Waals surface area contributed by atoms with Crippen LogP contribution in [0.25, 0.3) is 0 Å². The van der Waals surface area contributed by atoms with E-state index in [1.54, 1.807) is 4.90 Å². The first-order valence-electron chi connectivity index (χ1n) is 17.5. The number of ether oxygens (including phenoxy) is 2. The standard InChI is InChI=1S/C38H53N5O8/c1-37(2,3)32(40-20-27-19-28(50-23-24-12-8-7-9-13-24)22-42(27)36(49)51-38(4,5)6)34(46)43-21-26-15-11-10-14-25(26)18-30(43)33(45)41-29(35(47)48)16-17-31(39)44/h7-15,27-30,32,40H,16-23H2,1-6H3,(H2,39,44)(H,41,45)(H,47,48)/t27-,28-,29-,30-,32+/m0/s1. The van der Waals surface area contributed by atoms with E-state index in [0.717, 1.165) is 16.7 Å². The number of carboxylic acid groups (broad SMARTS) is 1. The van der Waals surface area contributed by atoms with Gasteiger partial charge >= 0.3 is 12.1 Å². The molecule has 0 spiro atoms. The molecule has 4 amide bonds. The zero-order valence-electron chi connectivity index (χ0n) is 30.5. The lowest BCUT2D eigenvalue weighted by Crippen LogP contribution is -2.61. The molecule has 13 nitrogen and oxygen atoms in total. The summed E-state index contributed by atoms with van der Waals surface area (Å²) < 4.78 is 12.0. The Hall–Kier alpha value is -4.49. The Morgan fingerprint density at radius 2 is 1.59 bits per heavy atom. The van der Waals surface area contributed by atoms with Crippen LogP contribution in [-0.4, -0.2) is 93.7 Å². The van der Waals surface area contributed by atoms with Gasteiger partial charge in [0.15, 0.2) is 0 Å². The smallest absolute Gasteiger partial charge is 0.410 e. The third-order valence-corrected chi connectivity index (χ3v) is 9.13. The largest absolute Gasteiger partial charge is 0.480 e. The fourth-order valence-electron chi connectivity index (χ4n) is 6.50. The third-order valence-electron chi connectivity index (χ3n) is 9.13. The first-order chi connectivity index (χ1) is 23.9. The number of carboxylic acids is 1. The lowest BCUT2D eigenvalue weighted by molar-refractivity contribution is -0.147. The Morgan fingerprint density at radius 1 is 0.941 bits per heavy atom. The van der Waals surface area contributed by atoms with Crippen LogP contribution in [0.15, 0.2) is 54.6 Å². The molecule has 0 unspecified atom stereocenters. The van der Waals surface area contributed by atoms with Crippen LogP contribution in [-0.2, 0) is 48.2 Å². The Balaban J connectivity index is 1.56. The van der Waals surface area contributed by atoms with Crippen LogP contribution in [0, 0.1) is 5.41 Å². The van der Waals surface area contributed by atoms with E-state index in [2.05, 4.69) is 10.6 Å². The summed E-state index contributed by atoms with van der Waals surface area (Å²) in [6, 6.07) is 13.8. The van der Waals surface area contributed by atoms with Gasteiger partial charge in [0.25, 0.3) is 0 Å². The highest BCUT2D eigenvalue weighted by molar-refractivity contribution is 5.93. The minimum absolute atomic E-state index is 0.142. The quantitative estimate of drug-likeness (QED) is 0.243. The second kappa shape index (κ2) is 16.7. The van der Waals surface area contributed by atoms with E-state index in [-0.39, 0.29) is 50.4 Å². The maximum absolute atomic E-state index is 14.6. The topological polar surface area (TPSA) is 181 Å². The number of nitrogens with two attached hydrogens (primary N) is 1. The number of hydrogen-bond acceptors (Lipinski definition) is 8. The lowest BCUT2D eigenvalue weighted by atomic mass is 9.84. The third kappa shape index (κ3) is 11.0. The van der Waals surface area contributed by atoms with E-state index in [1.807, 2.05) is 96.1 Å². The van der Waals surface area contributed by atoms with Gasteiger partial charge in [0.05, 0.1) is 31.3 Å². The molecule has 1 fully saturated rings. The highest BCUT2D eigenvalue weighted by atomic mass is 16.6. The average Bonchev–Trinajstić information content (AvgIpc) is 3.47. The van der Waals surface area contributed by atoms with Crippen molar-refractivity contribution in [1.82, 2.24) is 20.4 Å². The summed E-state index contributed by atoms with van der Waals surface area (Å²) in [5, 5.41) is 15.8. The van der Waals surface area contributed by atoms with Gasteiger partial charge in [-0.25, -0.2) is 9.59 Å². The fraction of sp³-hybridized carbons (Fsp3) is 0.553. The van der Waals surface area contributed by atoms with E-state index in [1.165, 1.54) is 4.90 Å². The van der Waals surface area contributed by atoms with Gasteiger partial charge in [0.2, 0.25) is 17.7 Å². The molecule has 1 saturated heterocycles. The highest BCUT2D eigenvalue weighted by Gasteiger charge is 2.44. The van der Waals surface area contributed by atoms with Crippen molar-refractivity contribution in [2.75, 3.05) is 13.1 Å². The van der Waals surface area contributed by atoms with Crippen molar-refractivity contribution >= 4 is 29.8 Å². The van der Waals surface area contributed by atoms with Crippen molar-refractivity contribution in [3.8, 4) is 0 Å². The van der Waals surface area contributed by atoms with E-state index < -0.39 is 53.0 Å². The van der Waals surface area contributed by atoms with E-state index in [9.17, 15) is 29.1 Å². The molecular formula is C38H53N5O8. The van der Waals surface area contributed by atoms with Gasteiger partial charge in [0, 0.05) is 25.9 Å². The average molecular weight is 708 g/mol. The monoisotopic (exact) mass is 707 g/mol. The van der Waals surface area contributed by atoms with Gasteiger partial charge in [-0.15, -0.1) is 0 Å². The normalized spacial score (nSPS) is 20.2. The highest BCUT2D eigenvalue weighted by Crippen LogP contribution is 2.30. The molecule has 0 aromatic heterocycles. The molecule has 0 bridgehead atoms. The second-order valence-electron chi connectivity index (χ2n) is 15.5. The number of carbonyl (C=O) groups excluding carboxylic acids is 4. The number of nitrogens with one attached hydrogen (secondary N) is 2. The van der Waals surface area contributed by atoms with Gasteiger partial charge in [-0.3, -0.25) is 14.4 Å². The lowest BCUT2D eigenvalue weighted by Gasteiger charge is -2.41. The Morgan fingerprint density at radius 3 is 2.20 bits per heavy atom. The molecule has 51 heavy (non-hydrogen) atoms. The van der Waals surface area contributed by atoms with Crippen LogP contribution in [0.1, 0.15) is 77.5 Å². The van der Waals surface area contributed by atoms with Gasteiger partial charge in [-0.1, -0.05) is 75.4 Å². The molecule has 2 aromatic rings. The summed E-state index contributed by atoms with van der Waals surface area (Å²) in [6.45, 7) is 12.3. The molecule has 4 rings (SSSR count). The van der Waals surface area contributed by atoms with E-state index in [0.29, 0.717) is 19.6 Å². The van der Waals surface area contributed by atoms with Crippen LogP contribution in [0.5, 0.6) is 0 Å². The van der Waals surface area contributed by atoms with Crippen molar-refractivity contribution in [2.45, 2.75) is 116 Å². The maximum atomic E-state index is 14.6. The van der Waals surface area contributed by atoms with Crippen molar-refractivity contribution in [3.63, 3.8) is 0 Å². The van der Waals surface area contributed by atoms with Crippen molar-refractivity contribution in [3.05, 3.63) is 71.3 Å². The molecule has 2 heterocycles. The minimum atomic E-state index is -1.35. The molecule has 2 aromatic carbocycles. The second-order valence-corrected chi connectivity index (χ2v) is 15.5. The number of nitrogens with zero attached hydrogens (tertiary/aromatic N) is 2.